The lowest BCUT2D eigenvalue weighted by Crippen LogP contribution is -2.02. The van der Waals surface area contributed by atoms with Crippen molar-refractivity contribution < 1.29 is 9.52 Å². The second-order valence-corrected chi connectivity index (χ2v) is 6.67. The smallest absolute Gasteiger partial charge is 0.202 e. The number of hydrogen-bond acceptors (Lipinski definition) is 4. The first-order valence-corrected chi connectivity index (χ1v) is 8.96. The summed E-state index contributed by atoms with van der Waals surface area (Å²) in [5.74, 6) is 0.215. The van der Waals surface area contributed by atoms with Gasteiger partial charge in [0.05, 0.1) is 27.9 Å². The highest BCUT2D eigenvalue weighted by Gasteiger charge is 2.20. The monoisotopic (exact) mass is 368 g/mol. The molecule has 0 spiro atoms. The molecular formula is C23H16N2O3. The van der Waals surface area contributed by atoms with Gasteiger partial charge in [-0.3, -0.25) is 9.78 Å². The number of aromatic amines is 1. The van der Waals surface area contributed by atoms with Crippen molar-refractivity contribution in [3.05, 3.63) is 94.4 Å². The number of phenolic OH excluding ortho intramolecular Hbond substituents is 1. The van der Waals surface area contributed by atoms with Crippen LogP contribution in [0.1, 0.15) is 11.3 Å². The molecule has 5 aromatic rings. The van der Waals surface area contributed by atoms with Crippen LogP contribution >= 0.6 is 0 Å². The predicted octanol–water partition coefficient (Wildman–Crippen LogP) is 4.63. The van der Waals surface area contributed by atoms with Gasteiger partial charge in [-0.05, 0) is 42.0 Å². The largest absolute Gasteiger partial charge is 0.508 e. The van der Waals surface area contributed by atoms with E-state index >= 15 is 0 Å². The van der Waals surface area contributed by atoms with E-state index in [4.69, 9.17) is 4.42 Å². The van der Waals surface area contributed by atoms with E-state index in [0.717, 1.165) is 11.3 Å². The number of para-hydroxylation sites is 1. The summed E-state index contributed by atoms with van der Waals surface area (Å²) in [6, 6.07) is 19.8. The van der Waals surface area contributed by atoms with Crippen LogP contribution < -0.4 is 5.43 Å². The molecule has 3 aromatic heterocycles. The number of H-pyrrole nitrogens is 1. The highest BCUT2D eigenvalue weighted by atomic mass is 16.3. The summed E-state index contributed by atoms with van der Waals surface area (Å²) >= 11 is 0. The third kappa shape index (κ3) is 2.65. The zero-order valence-electron chi connectivity index (χ0n) is 14.8. The van der Waals surface area contributed by atoms with Crippen LogP contribution in [0.5, 0.6) is 5.75 Å². The van der Waals surface area contributed by atoms with Crippen LogP contribution in [0.2, 0.25) is 0 Å². The first-order valence-electron chi connectivity index (χ1n) is 8.96. The summed E-state index contributed by atoms with van der Waals surface area (Å²) in [5.41, 5.74) is 4.14. The zero-order chi connectivity index (χ0) is 19.1. The van der Waals surface area contributed by atoms with Gasteiger partial charge in [0, 0.05) is 12.6 Å². The molecule has 0 bridgehead atoms. The van der Waals surface area contributed by atoms with Crippen LogP contribution in [-0.2, 0) is 6.42 Å². The molecule has 0 radical (unpaired) electrons. The maximum Gasteiger partial charge on any atom is 0.202 e. The van der Waals surface area contributed by atoms with Gasteiger partial charge in [-0.2, -0.15) is 0 Å². The summed E-state index contributed by atoms with van der Waals surface area (Å²) in [5, 5.41) is 10.6. The van der Waals surface area contributed by atoms with Gasteiger partial charge >= 0.3 is 0 Å². The van der Waals surface area contributed by atoms with Crippen molar-refractivity contribution in [3.63, 3.8) is 0 Å². The van der Waals surface area contributed by atoms with Gasteiger partial charge in [-0.25, -0.2) is 0 Å². The van der Waals surface area contributed by atoms with E-state index in [0.29, 0.717) is 39.7 Å². The summed E-state index contributed by atoms with van der Waals surface area (Å²) in [7, 11) is 0. The number of pyridine rings is 1. The second-order valence-electron chi connectivity index (χ2n) is 6.67. The van der Waals surface area contributed by atoms with Gasteiger partial charge in [-0.1, -0.05) is 30.3 Å². The highest BCUT2D eigenvalue weighted by Crippen LogP contribution is 2.31. The van der Waals surface area contributed by atoms with E-state index in [1.54, 1.807) is 30.5 Å². The van der Waals surface area contributed by atoms with Crippen molar-refractivity contribution >= 4 is 21.9 Å². The second kappa shape index (κ2) is 6.39. The summed E-state index contributed by atoms with van der Waals surface area (Å²) < 4.78 is 6.15. The lowest BCUT2D eigenvalue weighted by molar-refractivity contribution is 0.475. The molecule has 5 rings (SSSR count). The molecule has 0 saturated heterocycles. The van der Waals surface area contributed by atoms with Crippen LogP contribution in [0.4, 0.5) is 0 Å². The normalized spacial score (nSPS) is 11.3. The van der Waals surface area contributed by atoms with Crippen molar-refractivity contribution in [2.45, 2.75) is 6.42 Å². The van der Waals surface area contributed by atoms with E-state index in [2.05, 4.69) is 9.97 Å². The Balaban J connectivity index is 1.80. The molecule has 0 amide bonds. The van der Waals surface area contributed by atoms with Crippen molar-refractivity contribution in [2.75, 3.05) is 0 Å². The molecule has 0 saturated carbocycles. The van der Waals surface area contributed by atoms with Crippen molar-refractivity contribution in [2.24, 2.45) is 0 Å². The van der Waals surface area contributed by atoms with Gasteiger partial charge in [0.1, 0.15) is 11.3 Å². The number of benzene rings is 2. The maximum atomic E-state index is 13.3. The topological polar surface area (TPSA) is 79.1 Å². The molecule has 0 aliphatic rings. The third-order valence-corrected chi connectivity index (χ3v) is 4.84. The van der Waals surface area contributed by atoms with Crippen LogP contribution in [0, 0.1) is 0 Å². The zero-order valence-corrected chi connectivity index (χ0v) is 14.8. The first kappa shape index (κ1) is 16.3. The third-order valence-electron chi connectivity index (χ3n) is 4.84. The molecule has 0 aliphatic heterocycles. The van der Waals surface area contributed by atoms with Gasteiger partial charge < -0.3 is 14.5 Å². The van der Waals surface area contributed by atoms with Crippen LogP contribution in [0.25, 0.3) is 33.3 Å². The molecule has 5 heteroatoms. The molecule has 2 aromatic carbocycles. The molecule has 136 valence electrons. The molecule has 3 heterocycles. The Labute approximate surface area is 159 Å². The Morgan fingerprint density at radius 1 is 0.964 bits per heavy atom. The van der Waals surface area contributed by atoms with E-state index in [9.17, 15) is 9.90 Å². The van der Waals surface area contributed by atoms with Crippen LogP contribution in [0.3, 0.4) is 0 Å². The molecule has 0 aliphatic carbocycles. The average Bonchev–Trinajstić information content (AvgIpc) is 3.09. The molecule has 0 fully saturated rings. The van der Waals surface area contributed by atoms with E-state index in [1.807, 2.05) is 42.5 Å². The Bertz CT molecular complexity index is 1350. The van der Waals surface area contributed by atoms with Gasteiger partial charge in [0.2, 0.25) is 5.43 Å². The Morgan fingerprint density at radius 3 is 2.54 bits per heavy atom. The Kier molecular flexibility index (Phi) is 3.72. The van der Waals surface area contributed by atoms with Gasteiger partial charge in [-0.15, -0.1) is 0 Å². The lowest BCUT2D eigenvalue weighted by atomic mass is 10.1. The van der Waals surface area contributed by atoms with Gasteiger partial charge in [0.15, 0.2) is 5.58 Å². The SMILES string of the molecule is O=c1c2ccccc2oc2c(Cc3ccc(O)cc3)[nH]c(-c3ccccn3)c12. The number of phenols is 1. The minimum atomic E-state index is -0.0780. The van der Waals surface area contributed by atoms with Gasteiger partial charge in [0.25, 0.3) is 0 Å². The molecule has 0 unspecified atom stereocenters. The number of nitrogens with one attached hydrogen (secondary N) is 1. The first-order chi connectivity index (χ1) is 13.7. The van der Waals surface area contributed by atoms with Crippen molar-refractivity contribution in [1.82, 2.24) is 9.97 Å². The molecule has 5 nitrogen and oxygen atoms in total. The number of fused-ring (bicyclic) bond motifs is 2. The lowest BCUT2D eigenvalue weighted by Gasteiger charge is -2.02. The number of aromatic hydroxyl groups is 1. The highest BCUT2D eigenvalue weighted by molar-refractivity contribution is 5.99. The quantitative estimate of drug-likeness (QED) is 0.486. The van der Waals surface area contributed by atoms with Crippen LogP contribution in [0.15, 0.2) is 82.1 Å². The fourth-order valence-electron chi connectivity index (χ4n) is 3.50. The van der Waals surface area contributed by atoms with Crippen molar-refractivity contribution in [1.29, 1.82) is 0 Å². The van der Waals surface area contributed by atoms with E-state index < -0.39 is 0 Å². The summed E-state index contributed by atoms with van der Waals surface area (Å²) in [6.45, 7) is 0. The fourth-order valence-corrected chi connectivity index (χ4v) is 3.50. The predicted molar refractivity (Wildman–Crippen MR) is 108 cm³/mol. The average molecular weight is 368 g/mol. The Morgan fingerprint density at radius 2 is 1.75 bits per heavy atom. The minimum absolute atomic E-state index is 0.0780. The Hall–Kier alpha value is -3.86. The standard InChI is InChI=1S/C23H16N2O3/c26-15-10-8-14(9-11-15)13-18-23-20(21(25-18)17-6-3-4-12-24-17)22(27)16-5-1-2-7-19(16)28-23/h1-12,25-26H,13H2. The minimum Gasteiger partial charge on any atom is -0.508 e. The molecular weight excluding hydrogens is 352 g/mol. The number of aromatic nitrogens is 2. The van der Waals surface area contributed by atoms with Crippen LogP contribution in [-0.4, -0.2) is 15.1 Å². The number of nitrogens with zero attached hydrogens (tertiary/aromatic N) is 1. The number of rotatable bonds is 3. The fraction of sp³-hybridized carbons (Fsp3) is 0.0435. The number of hydrogen-bond donors (Lipinski definition) is 2. The maximum absolute atomic E-state index is 13.3. The molecule has 0 atom stereocenters. The van der Waals surface area contributed by atoms with E-state index in [-0.39, 0.29) is 11.2 Å². The summed E-state index contributed by atoms with van der Waals surface area (Å²) in [6.07, 6.45) is 2.23. The van der Waals surface area contributed by atoms with Crippen molar-refractivity contribution in [3.8, 4) is 17.1 Å². The van der Waals surface area contributed by atoms with E-state index in [1.165, 1.54) is 0 Å². The molecule has 28 heavy (non-hydrogen) atoms. The summed E-state index contributed by atoms with van der Waals surface area (Å²) in [4.78, 5) is 21.0. The molecule has 2 N–H and O–H groups in total.